The van der Waals surface area contributed by atoms with Gasteiger partial charge in [0.05, 0.1) is 6.54 Å². The smallest absolute Gasteiger partial charge is 0.332 e. The predicted octanol–water partition coefficient (Wildman–Crippen LogP) is 3.74. The molecule has 1 aromatic carbocycles. The van der Waals surface area contributed by atoms with E-state index in [2.05, 4.69) is 9.97 Å². The van der Waals surface area contributed by atoms with Crippen molar-refractivity contribution in [1.29, 1.82) is 0 Å². The van der Waals surface area contributed by atoms with Crippen LogP contribution in [0.5, 0.6) is 6.01 Å². The Morgan fingerprint density at radius 1 is 1.16 bits per heavy atom. The van der Waals surface area contributed by atoms with Gasteiger partial charge in [0.15, 0.2) is 11.2 Å². The molecule has 0 aliphatic heterocycles. The van der Waals surface area contributed by atoms with Crippen molar-refractivity contribution in [3.8, 4) is 6.01 Å². The first-order valence-corrected chi connectivity index (χ1v) is 11.6. The Morgan fingerprint density at radius 3 is 2.56 bits per heavy atom. The van der Waals surface area contributed by atoms with Crippen molar-refractivity contribution in [3.05, 3.63) is 71.8 Å². The first-order chi connectivity index (χ1) is 15.4. The largest absolute Gasteiger partial charge is 0.457 e. The number of hydrogen-bond acceptors (Lipinski definition) is 6. The fraction of sp³-hybridized carbons (Fsp3) is 0.364. The number of imidazole rings is 1. The second kappa shape index (κ2) is 9.30. The Bertz CT molecular complexity index is 1370. The van der Waals surface area contributed by atoms with E-state index in [1.807, 2.05) is 26.0 Å². The molecule has 0 fully saturated rings. The van der Waals surface area contributed by atoms with Gasteiger partial charge in [-0.2, -0.15) is 4.98 Å². The van der Waals surface area contributed by atoms with Crippen LogP contribution in [0.1, 0.15) is 35.2 Å². The number of halogens is 1. The summed E-state index contributed by atoms with van der Waals surface area (Å²) in [4.78, 5) is 36.1. The number of rotatable bonds is 8. The van der Waals surface area contributed by atoms with E-state index < -0.39 is 0 Å². The molecule has 0 bridgehead atoms. The minimum Gasteiger partial charge on any atom is -0.457 e. The van der Waals surface area contributed by atoms with Gasteiger partial charge in [-0.1, -0.05) is 37.1 Å². The number of aryl methyl sites for hydroxylation is 2. The quantitative estimate of drug-likeness (QED) is 0.389. The monoisotopic (exact) mass is 473 g/mol. The van der Waals surface area contributed by atoms with E-state index in [1.54, 1.807) is 29.9 Å². The maximum atomic E-state index is 13.4. The molecule has 0 amide bonds. The van der Waals surface area contributed by atoms with Crippen LogP contribution >= 0.6 is 22.9 Å². The van der Waals surface area contributed by atoms with Gasteiger partial charge in [-0.3, -0.25) is 18.5 Å². The lowest BCUT2D eigenvalue weighted by Gasteiger charge is -2.11. The highest BCUT2D eigenvalue weighted by atomic mass is 35.5. The van der Waals surface area contributed by atoms with E-state index in [4.69, 9.17) is 16.3 Å². The Hall–Kier alpha value is -2.91. The molecule has 10 heteroatoms. The summed E-state index contributed by atoms with van der Waals surface area (Å²) in [5.74, 6) is 0. The van der Waals surface area contributed by atoms with Gasteiger partial charge in [0.25, 0.3) is 11.6 Å². The fourth-order valence-corrected chi connectivity index (χ4v) is 4.32. The number of unbranched alkanes of at least 4 members (excludes halogenated alkanes) is 1. The van der Waals surface area contributed by atoms with Gasteiger partial charge in [0.2, 0.25) is 0 Å². The summed E-state index contributed by atoms with van der Waals surface area (Å²) in [6.45, 7) is 4.93. The lowest BCUT2D eigenvalue weighted by molar-refractivity contribution is 0.270. The van der Waals surface area contributed by atoms with Gasteiger partial charge in [-0.25, -0.2) is 9.78 Å². The molecule has 3 aromatic heterocycles. The van der Waals surface area contributed by atoms with Crippen molar-refractivity contribution in [1.82, 2.24) is 23.7 Å². The van der Waals surface area contributed by atoms with Gasteiger partial charge < -0.3 is 4.74 Å². The summed E-state index contributed by atoms with van der Waals surface area (Å²) in [6, 6.07) is 7.64. The molecule has 0 spiro atoms. The van der Waals surface area contributed by atoms with Gasteiger partial charge in [0.1, 0.15) is 11.6 Å². The molecule has 0 atom stereocenters. The standard InChI is InChI=1S/C22H24ClN5O3S/c1-4-5-10-27-20(29)18-19(26(3)22(27)30)25-21(31-13-17-24-11-14(2)32-17)28(18)12-15-6-8-16(23)9-7-15/h6-9,11H,4-5,10,12-13H2,1-3H3. The van der Waals surface area contributed by atoms with Crippen LogP contribution in [0.25, 0.3) is 11.2 Å². The Labute approximate surface area is 193 Å². The third kappa shape index (κ3) is 4.35. The zero-order valence-electron chi connectivity index (χ0n) is 18.2. The van der Waals surface area contributed by atoms with Crippen LogP contribution in [0.3, 0.4) is 0 Å². The van der Waals surface area contributed by atoms with E-state index >= 15 is 0 Å². The topological polar surface area (TPSA) is 83.9 Å². The average molecular weight is 474 g/mol. The SMILES string of the molecule is CCCCn1c(=O)c2c(nc(OCc3ncc(C)s3)n2Cc2ccc(Cl)cc2)n(C)c1=O. The van der Waals surface area contributed by atoms with Crippen LogP contribution in [0.4, 0.5) is 0 Å². The zero-order chi connectivity index (χ0) is 22.8. The van der Waals surface area contributed by atoms with Crippen molar-refractivity contribution in [2.75, 3.05) is 0 Å². The highest BCUT2D eigenvalue weighted by Crippen LogP contribution is 2.22. The molecule has 0 aliphatic carbocycles. The zero-order valence-corrected chi connectivity index (χ0v) is 19.7. The van der Waals surface area contributed by atoms with Crippen LogP contribution in [-0.2, 0) is 26.7 Å². The third-order valence-electron chi connectivity index (χ3n) is 5.18. The van der Waals surface area contributed by atoms with Gasteiger partial charge >= 0.3 is 5.69 Å². The van der Waals surface area contributed by atoms with Gasteiger partial charge in [-0.15, -0.1) is 11.3 Å². The number of ether oxygens (including phenoxy) is 1. The van der Waals surface area contributed by atoms with Crippen LogP contribution in [0, 0.1) is 6.92 Å². The van der Waals surface area contributed by atoms with Crippen molar-refractivity contribution < 1.29 is 4.74 Å². The minimum absolute atomic E-state index is 0.223. The number of hydrogen-bond donors (Lipinski definition) is 0. The number of benzene rings is 1. The summed E-state index contributed by atoms with van der Waals surface area (Å²) >= 11 is 7.57. The molecule has 8 nitrogen and oxygen atoms in total. The molecule has 0 N–H and O–H groups in total. The predicted molar refractivity (Wildman–Crippen MR) is 126 cm³/mol. The van der Waals surface area contributed by atoms with E-state index in [0.717, 1.165) is 28.3 Å². The first kappa shape index (κ1) is 22.3. The van der Waals surface area contributed by atoms with Crippen molar-refractivity contribution >= 4 is 34.1 Å². The molecule has 0 aliphatic rings. The molecular formula is C22H24ClN5O3S. The molecule has 168 valence electrons. The van der Waals surface area contributed by atoms with E-state index in [9.17, 15) is 9.59 Å². The lowest BCUT2D eigenvalue weighted by atomic mass is 10.2. The summed E-state index contributed by atoms with van der Waals surface area (Å²) in [7, 11) is 1.63. The number of thiazole rings is 1. The van der Waals surface area contributed by atoms with E-state index in [1.165, 1.54) is 20.5 Å². The Kier molecular flexibility index (Phi) is 6.48. The van der Waals surface area contributed by atoms with Crippen molar-refractivity contribution in [3.63, 3.8) is 0 Å². The maximum Gasteiger partial charge on any atom is 0.332 e. The van der Waals surface area contributed by atoms with Crippen molar-refractivity contribution in [2.24, 2.45) is 7.05 Å². The fourth-order valence-electron chi connectivity index (χ4n) is 3.49. The number of nitrogens with zero attached hydrogens (tertiary/aromatic N) is 5. The number of fused-ring (bicyclic) bond motifs is 1. The van der Waals surface area contributed by atoms with Gasteiger partial charge in [-0.05, 0) is 31.0 Å². The normalized spacial score (nSPS) is 11.4. The average Bonchev–Trinajstić information content (AvgIpc) is 3.36. The summed E-state index contributed by atoms with van der Waals surface area (Å²) in [5, 5.41) is 1.44. The maximum absolute atomic E-state index is 13.4. The number of aromatic nitrogens is 5. The highest BCUT2D eigenvalue weighted by Gasteiger charge is 2.21. The minimum atomic E-state index is -0.380. The summed E-state index contributed by atoms with van der Waals surface area (Å²) in [5.41, 5.74) is 0.819. The van der Waals surface area contributed by atoms with E-state index in [0.29, 0.717) is 29.3 Å². The molecule has 3 heterocycles. The van der Waals surface area contributed by atoms with E-state index in [-0.39, 0.29) is 23.9 Å². The summed E-state index contributed by atoms with van der Waals surface area (Å²) in [6.07, 6.45) is 3.40. The molecule has 4 rings (SSSR count). The molecular weight excluding hydrogens is 450 g/mol. The second-order valence-corrected chi connectivity index (χ2v) is 9.34. The first-order valence-electron chi connectivity index (χ1n) is 10.4. The highest BCUT2D eigenvalue weighted by molar-refractivity contribution is 7.11. The molecule has 0 saturated heterocycles. The van der Waals surface area contributed by atoms with Gasteiger partial charge in [0, 0.05) is 29.7 Å². The molecule has 32 heavy (non-hydrogen) atoms. The lowest BCUT2D eigenvalue weighted by Crippen LogP contribution is -2.39. The third-order valence-corrected chi connectivity index (χ3v) is 6.32. The Balaban J connectivity index is 1.85. The van der Waals surface area contributed by atoms with Crippen LogP contribution < -0.4 is 16.0 Å². The molecule has 0 unspecified atom stereocenters. The second-order valence-electron chi connectivity index (χ2n) is 7.58. The van der Waals surface area contributed by atoms with Crippen LogP contribution in [0.2, 0.25) is 5.02 Å². The van der Waals surface area contributed by atoms with Crippen LogP contribution in [0.15, 0.2) is 40.1 Å². The van der Waals surface area contributed by atoms with Crippen molar-refractivity contribution in [2.45, 2.75) is 46.4 Å². The molecule has 0 saturated carbocycles. The molecule has 0 radical (unpaired) electrons. The van der Waals surface area contributed by atoms with Crippen LogP contribution in [-0.4, -0.2) is 23.7 Å². The summed E-state index contributed by atoms with van der Waals surface area (Å²) < 4.78 is 10.4. The molecule has 4 aromatic rings. The Morgan fingerprint density at radius 2 is 1.91 bits per heavy atom.